The Hall–Kier alpha value is -3.01. The first kappa shape index (κ1) is 15.9. The summed E-state index contributed by atoms with van der Waals surface area (Å²) in [6, 6.07) is 19.6. The van der Waals surface area contributed by atoms with Crippen molar-refractivity contribution in [1.29, 1.82) is 0 Å². The zero-order valence-corrected chi connectivity index (χ0v) is 13.5. The monoisotopic (exact) mass is 316 g/mol. The summed E-state index contributed by atoms with van der Waals surface area (Å²) in [6.45, 7) is 0. The minimum absolute atomic E-state index is 0.797. The largest absolute Gasteiger partial charge is 0.497 e. The van der Waals surface area contributed by atoms with Crippen LogP contribution in [0.15, 0.2) is 83.3 Å². The van der Waals surface area contributed by atoms with Crippen LogP contribution in [0.4, 0.5) is 11.4 Å². The van der Waals surface area contributed by atoms with E-state index in [1.165, 1.54) is 11.1 Å². The van der Waals surface area contributed by atoms with Gasteiger partial charge in [-0.25, -0.2) is 0 Å². The van der Waals surface area contributed by atoms with E-state index in [-0.39, 0.29) is 0 Å². The summed E-state index contributed by atoms with van der Waals surface area (Å²) in [5, 5.41) is 8.49. The number of rotatable bonds is 6. The minimum Gasteiger partial charge on any atom is -0.497 e. The summed E-state index contributed by atoms with van der Waals surface area (Å²) in [6.07, 6.45) is 6.65. The summed E-state index contributed by atoms with van der Waals surface area (Å²) in [4.78, 5) is 4.02. The molecule has 1 aromatic heterocycles. The van der Waals surface area contributed by atoms with Gasteiger partial charge in [0.05, 0.1) is 18.5 Å². The molecule has 2 aromatic carbocycles. The minimum atomic E-state index is 0.797. The quantitative estimate of drug-likeness (QED) is 0.579. The lowest BCUT2D eigenvalue weighted by molar-refractivity contribution is 0.415. The van der Waals surface area contributed by atoms with Crippen LogP contribution in [-0.2, 0) is 6.42 Å². The number of pyridine rings is 1. The van der Waals surface area contributed by atoms with Gasteiger partial charge in [-0.3, -0.25) is 4.98 Å². The van der Waals surface area contributed by atoms with Crippen molar-refractivity contribution in [2.24, 2.45) is 10.2 Å². The van der Waals surface area contributed by atoms with Gasteiger partial charge in [0, 0.05) is 12.4 Å². The third kappa shape index (κ3) is 4.49. The SMILES string of the molecule is COc1ccc(N=Nc2ccc(C[CH]c3ccncc3)cc2)cc1. The van der Waals surface area contributed by atoms with Gasteiger partial charge in [0.25, 0.3) is 0 Å². The first-order chi connectivity index (χ1) is 11.8. The summed E-state index contributed by atoms with van der Waals surface area (Å²) >= 11 is 0. The second-order valence-corrected chi connectivity index (χ2v) is 5.25. The van der Waals surface area contributed by atoms with Gasteiger partial charge in [-0.2, -0.15) is 10.2 Å². The van der Waals surface area contributed by atoms with Gasteiger partial charge >= 0.3 is 0 Å². The van der Waals surface area contributed by atoms with E-state index in [1.54, 1.807) is 19.5 Å². The highest BCUT2D eigenvalue weighted by Crippen LogP contribution is 2.21. The van der Waals surface area contributed by atoms with E-state index in [0.29, 0.717) is 0 Å². The molecule has 0 fully saturated rings. The van der Waals surface area contributed by atoms with Crippen LogP contribution in [-0.4, -0.2) is 12.1 Å². The highest BCUT2D eigenvalue weighted by Gasteiger charge is 1.97. The molecule has 0 aliphatic heterocycles. The van der Waals surface area contributed by atoms with Crippen molar-refractivity contribution in [1.82, 2.24) is 4.98 Å². The molecule has 3 rings (SSSR count). The van der Waals surface area contributed by atoms with Gasteiger partial charge in [-0.1, -0.05) is 12.1 Å². The molecule has 1 heterocycles. The predicted octanol–water partition coefficient (Wildman–Crippen LogP) is 5.30. The summed E-state index contributed by atoms with van der Waals surface area (Å²) in [5.41, 5.74) is 4.04. The van der Waals surface area contributed by atoms with Crippen LogP contribution in [0.3, 0.4) is 0 Å². The third-order valence-corrected chi connectivity index (χ3v) is 3.57. The number of benzene rings is 2. The first-order valence-electron chi connectivity index (χ1n) is 7.71. The fraction of sp³-hybridized carbons (Fsp3) is 0.100. The second kappa shape index (κ2) is 8.02. The maximum Gasteiger partial charge on any atom is 0.119 e. The fourth-order valence-electron chi connectivity index (χ4n) is 2.20. The lowest BCUT2D eigenvalue weighted by Gasteiger charge is -2.02. The molecule has 0 saturated heterocycles. The van der Waals surface area contributed by atoms with E-state index < -0.39 is 0 Å². The maximum absolute atomic E-state index is 5.12. The summed E-state index contributed by atoms with van der Waals surface area (Å²) < 4.78 is 5.12. The standard InChI is InChI=1S/C20H18N3O/c1-24-20-10-8-19(9-11-20)23-22-18-6-4-16(5-7-18)2-3-17-12-14-21-15-13-17/h3-15H,2H2,1H3. The maximum atomic E-state index is 5.12. The van der Waals surface area contributed by atoms with Crippen LogP contribution in [0.1, 0.15) is 11.1 Å². The molecule has 0 aliphatic rings. The van der Waals surface area contributed by atoms with Crippen molar-refractivity contribution in [2.75, 3.05) is 7.11 Å². The van der Waals surface area contributed by atoms with Crippen molar-refractivity contribution < 1.29 is 4.74 Å². The number of hydrogen-bond donors (Lipinski definition) is 0. The third-order valence-electron chi connectivity index (χ3n) is 3.57. The Bertz CT molecular complexity index is 781. The molecule has 3 aromatic rings. The normalized spacial score (nSPS) is 10.9. The molecule has 4 nitrogen and oxygen atoms in total. The molecule has 0 amide bonds. The van der Waals surface area contributed by atoms with Crippen molar-refractivity contribution in [3.05, 3.63) is 90.6 Å². The number of methoxy groups -OCH3 is 1. The lowest BCUT2D eigenvalue weighted by Crippen LogP contribution is -1.88. The van der Waals surface area contributed by atoms with Gasteiger partial charge in [0.15, 0.2) is 0 Å². The van der Waals surface area contributed by atoms with E-state index in [2.05, 4.69) is 33.8 Å². The fourth-order valence-corrected chi connectivity index (χ4v) is 2.20. The Balaban J connectivity index is 1.58. The first-order valence-corrected chi connectivity index (χ1v) is 7.71. The van der Waals surface area contributed by atoms with Crippen LogP contribution in [0, 0.1) is 6.42 Å². The number of ether oxygens (including phenoxy) is 1. The molecule has 0 saturated carbocycles. The van der Waals surface area contributed by atoms with E-state index in [4.69, 9.17) is 4.74 Å². The Labute approximate surface area is 141 Å². The van der Waals surface area contributed by atoms with Gasteiger partial charge in [-0.15, -0.1) is 0 Å². The van der Waals surface area contributed by atoms with Gasteiger partial charge < -0.3 is 4.74 Å². The van der Waals surface area contributed by atoms with Crippen molar-refractivity contribution in [2.45, 2.75) is 6.42 Å². The van der Waals surface area contributed by atoms with E-state index >= 15 is 0 Å². The number of azo groups is 1. The molecule has 0 unspecified atom stereocenters. The van der Waals surface area contributed by atoms with Gasteiger partial charge in [0.1, 0.15) is 5.75 Å². The smallest absolute Gasteiger partial charge is 0.119 e. The molecule has 0 spiro atoms. The molecule has 24 heavy (non-hydrogen) atoms. The molecular formula is C20H18N3O. The number of hydrogen-bond acceptors (Lipinski definition) is 4. The average Bonchev–Trinajstić information content (AvgIpc) is 2.67. The molecule has 0 atom stereocenters. The van der Waals surface area contributed by atoms with Gasteiger partial charge in [-0.05, 0) is 72.5 Å². The molecule has 0 aliphatic carbocycles. The van der Waals surface area contributed by atoms with Crippen LogP contribution < -0.4 is 4.74 Å². The second-order valence-electron chi connectivity index (χ2n) is 5.25. The highest BCUT2D eigenvalue weighted by atomic mass is 16.5. The predicted molar refractivity (Wildman–Crippen MR) is 95.0 cm³/mol. The van der Waals surface area contributed by atoms with Crippen LogP contribution in [0.5, 0.6) is 5.75 Å². The zero-order chi connectivity index (χ0) is 16.6. The summed E-state index contributed by atoms with van der Waals surface area (Å²) in [7, 11) is 1.64. The summed E-state index contributed by atoms with van der Waals surface area (Å²) in [5.74, 6) is 0.809. The van der Waals surface area contributed by atoms with Crippen LogP contribution >= 0.6 is 0 Å². The molecule has 1 radical (unpaired) electrons. The van der Waals surface area contributed by atoms with Crippen LogP contribution in [0.2, 0.25) is 0 Å². The number of aromatic nitrogens is 1. The molecule has 0 bridgehead atoms. The highest BCUT2D eigenvalue weighted by molar-refractivity contribution is 5.43. The Kier molecular flexibility index (Phi) is 5.30. The molecule has 4 heteroatoms. The zero-order valence-electron chi connectivity index (χ0n) is 13.5. The van der Waals surface area contributed by atoms with Crippen molar-refractivity contribution in [3.8, 4) is 5.75 Å². The van der Waals surface area contributed by atoms with Crippen LogP contribution in [0.25, 0.3) is 0 Å². The number of nitrogens with zero attached hydrogens (tertiary/aromatic N) is 3. The average molecular weight is 316 g/mol. The Morgan fingerprint density at radius 3 is 2.00 bits per heavy atom. The molecule has 119 valence electrons. The molecule has 0 N–H and O–H groups in total. The lowest BCUT2D eigenvalue weighted by atomic mass is 10.1. The Morgan fingerprint density at radius 1 is 0.833 bits per heavy atom. The van der Waals surface area contributed by atoms with Crippen molar-refractivity contribution >= 4 is 11.4 Å². The van der Waals surface area contributed by atoms with E-state index in [1.807, 2.05) is 48.5 Å². The van der Waals surface area contributed by atoms with E-state index in [0.717, 1.165) is 23.5 Å². The molecular weight excluding hydrogens is 298 g/mol. The topological polar surface area (TPSA) is 46.8 Å². The van der Waals surface area contributed by atoms with Crippen molar-refractivity contribution in [3.63, 3.8) is 0 Å². The van der Waals surface area contributed by atoms with E-state index in [9.17, 15) is 0 Å². The van der Waals surface area contributed by atoms with Gasteiger partial charge in [0.2, 0.25) is 0 Å². The Morgan fingerprint density at radius 2 is 1.42 bits per heavy atom.